The summed E-state index contributed by atoms with van der Waals surface area (Å²) in [6.07, 6.45) is 0. The average molecular weight is 239 g/mol. The Morgan fingerprint density at radius 2 is 1.61 bits per heavy atom. The van der Waals surface area contributed by atoms with E-state index in [2.05, 4.69) is 11.9 Å². The van der Waals surface area contributed by atoms with Gasteiger partial charge in [0.2, 0.25) is 0 Å². The topological polar surface area (TPSA) is 32.3 Å². The molecular weight excluding hydrogens is 222 g/mol. The SMILES string of the molecule is C=C(Nc1ccc(C)cc1)c1cc(C)ccc1O. The largest absolute Gasteiger partial charge is 0.507 e. The van der Waals surface area contributed by atoms with Gasteiger partial charge in [-0.25, -0.2) is 0 Å². The summed E-state index contributed by atoms with van der Waals surface area (Å²) in [5.74, 6) is 0.241. The van der Waals surface area contributed by atoms with Crippen LogP contribution in [0.2, 0.25) is 0 Å². The molecule has 0 unspecified atom stereocenters. The Bertz CT molecular complexity index is 570. The molecule has 0 bridgehead atoms. The summed E-state index contributed by atoms with van der Waals surface area (Å²) >= 11 is 0. The van der Waals surface area contributed by atoms with Crippen LogP contribution in [0.15, 0.2) is 49.0 Å². The number of phenols is 1. The summed E-state index contributed by atoms with van der Waals surface area (Å²) < 4.78 is 0. The molecule has 2 N–H and O–H groups in total. The van der Waals surface area contributed by atoms with Gasteiger partial charge in [0, 0.05) is 16.9 Å². The summed E-state index contributed by atoms with van der Waals surface area (Å²) in [6.45, 7) is 8.01. The number of benzene rings is 2. The van der Waals surface area contributed by atoms with Crippen molar-refractivity contribution in [2.75, 3.05) is 5.32 Å². The van der Waals surface area contributed by atoms with E-state index < -0.39 is 0 Å². The van der Waals surface area contributed by atoms with Crippen LogP contribution in [0.1, 0.15) is 16.7 Å². The summed E-state index contributed by atoms with van der Waals surface area (Å²) in [5.41, 5.74) is 4.70. The Balaban J connectivity index is 2.21. The van der Waals surface area contributed by atoms with Crippen molar-refractivity contribution in [3.05, 3.63) is 65.7 Å². The van der Waals surface area contributed by atoms with E-state index in [9.17, 15) is 5.11 Å². The van der Waals surface area contributed by atoms with E-state index in [0.717, 1.165) is 16.8 Å². The maximum Gasteiger partial charge on any atom is 0.124 e. The lowest BCUT2D eigenvalue weighted by Crippen LogP contribution is -1.98. The van der Waals surface area contributed by atoms with Crippen molar-refractivity contribution < 1.29 is 5.11 Å². The van der Waals surface area contributed by atoms with E-state index in [0.29, 0.717) is 5.70 Å². The molecule has 0 saturated heterocycles. The Hall–Kier alpha value is -2.22. The molecule has 2 aromatic rings. The molecule has 0 heterocycles. The molecule has 2 rings (SSSR count). The van der Waals surface area contributed by atoms with Gasteiger partial charge in [-0.1, -0.05) is 35.9 Å². The van der Waals surface area contributed by atoms with Gasteiger partial charge < -0.3 is 10.4 Å². The van der Waals surface area contributed by atoms with Crippen molar-refractivity contribution in [2.24, 2.45) is 0 Å². The van der Waals surface area contributed by atoms with E-state index in [4.69, 9.17) is 0 Å². The number of hydrogen-bond acceptors (Lipinski definition) is 2. The zero-order valence-electron chi connectivity index (χ0n) is 10.7. The fraction of sp³-hybridized carbons (Fsp3) is 0.125. The van der Waals surface area contributed by atoms with Crippen LogP contribution < -0.4 is 5.32 Å². The Morgan fingerprint density at radius 3 is 2.28 bits per heavy atom. The number of rotatable bonds is 3. The van der Waals surface area contributed by atoms with Crippen molar-refractivity contribution in [3.8, 4) is 5.75 Å². The lowest BCUT2D eigenvalue weighted by Gasteiger charge is -2.12. The van der Waals surface area contributed by atoms with Gasteiger partial charge in [-0.2, -0.15) is 0 Å². The fourth-order valence-corrected chi connectivity index (χ4v) is 1.77. The number of aromatic hydroxyl groups is 1. The highest BCUT2D eigenvalue weighted by molar-refractivity contribution is 5.78. The number of aryl methyl sites for hydroxylation is 2. The molecule has 0 radical (unpaired) electrons. The second kappa shape index (κ2) is 4.96. The predicted molar refractivity (Wildman–Crippen MR) is 76.7 cm³/mol. The molecule has 0 atom stereocenters. The molecule has 2 nitrogen and oxygen atoms in total. The third kappa shape index (κ3) is 2.72. The van der Waals surface area contributed by atoms with Crippen LogP contribution in [0.3, 0.4) is 0 Å². The Morgan fingerprint density at radius 1 is 1.00 bits per heavy atom. The zero-order valence-corrected chi connectivity index (χ0v) is 10.7. The van der Waals surface area contributed by atoms with Crippen molar-refractivity contribution in [1.29, 1.82) is 0 Å². The summed E-state index contributed by atoms with van der Waals surface area (Å²) in [6, 6.07) is 13.5. The summed E-state index contributed by atoms with van der Waals surface area (Å²) in [7, 11) is 0. The first-order valence-electron chi connectivity index (χ1n) is 5.89. The molecule has 0 spiro atoms. The maximum absolute atomic E-state index is 9.83. The minimum Gasteiger partial charge on any atom is -0.507 e. The highest BCUT2D eigenvalue weighted by Gasteiger charge is 2.05. The van der Waals surface area contributed by atoms with Crippen LogP contribution in [0.4, 0.5) is 5.69 Å². The lowest BCUT2D eigenvalue weighted by atomic mass is 10.1. The van der Waals surface area contributed by atoms with Gasteiger partial charge in [0.05, 0.1) is 0 Å². The summed E-state index contributed by atoms with van der Waals surface area (Å²) in [5, 5.41) is 13.0. The van der Waals surface area contributed by atoms with Gasteiger partial charge in [0.15, 0.2) is 0 Å². The van der Waals surface area contributed by atoms with Gasteiger partial charge in [-0.3, -0.25) is 0 Å². The average Bonchev–Trinajstić information content (AvgIpc) is 2.35. The molecule has 0 aromatic heterocycles. The molecule has 0 aliphatic rings. The number of nitrogens with one attached hydrogen (secondary N) is 1. The van der Waals surface area contributed by atoms with E-state index >= 15 is 0 Å². The number of hydrogen-bond donors (Lipinski definition) is 2. The van der Waals surface area contributed by atoms with Crippen LogP contribution >= 0.6 is 0 Å². The van der Waals surface area contributed by atoms with Crippen LogP contribution in [0, 0.1) is 13.8 Å². The quantitative estimate of drug-likeness (QED) is 0.845. The minimum atomic E-state index is 0.241. The molecule has 0 amide bonds. The van der Waals surface area contributed by atoms with Gasteiger partial charge in [0.25, 0.3) is 0 Å². The van der Waals surface area contributed by atoms with Gasteiger partial charge >= 0.3 is 0 Å². The first-order chi connectivity index (χ1) is 8.56. The maximum atomic E-state index is 9.83. The fourth-order valence-electron chi connectivity index (χ4n) is 1.77. The molecule has 2 heteroatoms. The van der Waals surface area contributed by atoms with E-state index in [-0.39, 0.29) is 5.75 Å². The van der Waals surface area contributed by atoms with Crippen LogP contribution in [0.5, 0.6) is 5.75 Å². The highest BCUT2D eigenvalue weighted by Crippen LogP contribution is 2.26. The first kappa shape index (κ1) is 12.2. The molecule has 92 valence electrons. The van der Waals surface area contributed by atoms with Crippen molar-refractivity contribution in [1.82, 2.24) is 0 Å². The van der Waals surface area contributed by atoms with Crippen LogP contribution in [-0.4, -0.2) is 5.11 Å². The molecular formula is C16H17NO. The van der Waals surface area contributed by atoms with Crippen LogP contribution in [0.25, 0.3) is 5.70 Å². The third-order valence-corrected chi connectivity index (χ3v) is 2.82. The predicted octanol–water partition coefficient (Wildman–Crippen LogP) is 4.09. The Kier molecular flexibility index (Phi) is 3.38. The van der Waals surface area contributed by atoms with E-state index in [1.54, 1.807) is 6.07 Å². The van der Waals surface area contributed by atoms with Crippen LogP contribution in [-0.2, 0) is 0 Å². The van der Waals surface area contributed by atoms with Crippen molar-refractivity contribution in [2.45, 2.75) is 13.8 Å². The smallest absolute Gasteiger partial charge is 0.124 e. The van der Waals surface area contributed by atoms with E-state index in [1.165, 1.54) is 5.56 Å². The second-order valence-corrected chi connectivity index (χ2v) is 4.49. The molecule has 2 aromatic carbocycles. The monoisotopic (exact) mass is 239 g/mol. The van der Waals surface area contributed by atoms with E-state index in [1.807, 2.05) is 50.2 Å². The Labute approximate surface area is 108 Å². The third-order valence-electron chi connectivity index (χ3n) is 2.82. The van der Waals surface area contributed by atoms with Crippen molar-refractivity contribution in [3.63, 3.8) is 0 Å². The van der Waals surface area contributed by atoms with Gasteiger partial charge in [0.1, 0.15) is 5.75 Å². The highest BCUT2D eigenvalue weighted by atomic mass is 16.3. The molecule has 0 aliphatic carbocycles. The van der Waals surface area contributed by atoms with Gasteiger partial charge in [-0.05, 0) is 38.1 Å². The lowest BCUT2D eigenvalue weighted by molar-refractivity contribution is 0.473. The summed E-state index contributed by atoms with van der Waals surface area (Å²) in [4.78, 5) is 0. The standard InChI is InChI=1S/C16H17NO/c1-11-4-7-14(8-5-11)17-13(3)15-10-12(2)6-9-16(15)18/h4-10,17-18H,3H2,1-2H3. The number of anilines is 1. The first-order valence-corrected chi connectivity index (χ1v) is 5.89. The number of phenolic OH excluding ortho intramolecular Hbond substituents is 1. The normalized spacial score (nSPS) is 10.1. The molecule has 18 heavy (non-hydrogen) atoms. The molecule has 0 aliphatic heterocycles. The molecule has 0 fully saturated rings. The molecule has 0 saturated carbocycles. The van der Waals surface area contributed by atoms with Crippen molar-refractivity contribution >= 4 is 11.4 Å². The van der Waals surface area contributed by atoms with Gasteiger partial charge in [-0.15, -0.1) is 0 Å². The zero-order chi connectivity index (χ0) is 13.1. The second-order valence-electron chi connectivity index (χ2n) is 4.49. The minimum absolute atomic E-state index is 0.241.